The minimum absolute atomic E-state index is 0.0281. The van der Waals surface area contributed by atoms with E-state index < -0.39 is 9.84 Å². The summed E-state index contributed by atoms with van der Waals surface area (Å²) in [5.41, 5.74) is 1.89. The summed E-state index contributed by atoms with van der Waals surface area (Å²) in [4.78, 5) is 0. The summed E-state index contributed by atoms with van der Waals surface area (Å²) in [5, 5.41) is 11.1. The summed E-state index contributed by atoms with van der Waals surface area (Å²) in [7, 11) is -2.83. The van der Waals surface area contributed by atoms with Gasteiger partial charge >= 0.3 is 0 Å². The van der Waals surface area contributed by atoms with E-state index in [1.54, 1.807) is 6.20 Å². The van der Waals surface area contributed by atoms with Gasteiger partial charge in [0.15, 0.2) is 9.84 Å². The number of nitrogens with zero attached hydrogens (tertiary/aromatic N) is 1. The molecule has 0 aliphatic carbocycles. The average molecular weight is 251 g/mol. The number of H-pyrrole nitrogens is 1. The van der Waals surface area contributed by atoms with Crippen LogP contribution in [0.2, 0.25) is 0 Å². The second kappa shape index (κ2) is 3.73. The smallest absolute Gasteiger partial charge is 0.152 e. The van der Waals surface area contributed by atoms with Gasteiger partial charge in [-0.3, -0.25) is 5.10 Å². The van der Waals surface area contributed by atoms with Crippen LogP contribution in [0, 0.1) is 0 Å². The Morgan fingerprint density at radius 3 is 3.06 bits per heavy atom. The van der Waals surface area contributed by atoms with E-state index in [4.69, 9.17) is 0 Å². The zero-order valence-corrected chi connectivity index (χ0v) is 10.00. The molecule has 0 saturated carbocycles. The maximum absolute atomic E-state index is 11.3. The number of rotatable bonds is 2. The molecule has 1 atom stereocenters. The van der Waals surface area contributed by atoms with Crippen molar-refractivity contribution in [2.45, 2.75) is 12.5 Å². The van der Waals surface area contributed by atoms with Crippen molar-refractivity contribution in [2.24, 2.45) is 0 Å². The van der Waals surface area contributed by atoms with Crippen LogP contribution >= 0.6 is 0 Å². The van der Waals surface area contributed by atoms with Crippen LogP contribution in [0.1, 0.15) is 6.42 Å². The quantitative estimate of drug-likeness (QED) is 0.840. The van der Waals surface area contributed by atoms with Gasteiger partial charge in [-0.15, -0.1) is 0 Å². The van der Waals surface area contributed by atoms with Crippen LogP contribution < -0.4 is 5.32 Å². The largest absolute Gasteiger partial charge is 0.381 e. The summed E-state index contributed by atoms with van der Waals surface area (Å²) in [6.45, 7) is 0. The van der Waals surface area contributed by atoms with E-state index in [1.165, 1.54) is 0 Å². The minimum Gasteiger partial charge on any atom is -0.381 e. The number of aromatic nitrogens is 2. The fourth-order valence-electron chi connectivity index (χ4n) is 2.17. The molecule has 1 fully saturated rings. The lowest BCUT2D eigenvalue weighted by molar-refractivity contribution is 0.602. The summed E-state index contributed by atoms with van der Waals surface area (Å²) < 4.78 is 22.7. The van der Waals surface area contributed by atoms with Crippen LogP contribution in [0.4, 0.5) is 5.69 Å². The number of anilines is 1. The van der Waals surface area contributed by atoms with Crippen molar-refractivity contribution in [1.29, 1.82) is 0 Å². The first-order chi connectivity index (χ1) is 8.12. The summed E-state index contributed by atoms with van der Waals surface area (Å²) in [6.07, 6.45) is 2.45. The molecule has 1 unspecified atom stereocenters. The highest BCUT2D eigenvalue weighted by Gasteiger charge is 2.27. The molecule has 17 heavy (non-hydrogen) atoms. The maximum atomic E-state index is 11.3. The van der Waals surface area contributed by atoms with Gasteiger partial charge in [-0.25, -0.2) is 8.42 Å². The molecule has 1 aromatic heterocycles. The van der Waals surface area contributed by atoms with E-state index in [1.807, 2.05) is 18.2 Å². The van der Waals surface area contributed by atoms with Gasteiger partial charge in [0.25, 0.3) is 0 Å². The predicted octanol–water partition coefficient (Wildman–Crippen LogP) is 1.16. The second-order valence-corrected chi connectivity index (χ2v) is 6.65. The van der Waals surface area contributed by atoms with Crippen LogP contribution in [-0.2, 0) is 9.84 Å². The van der Waals surface area contributed by atoms with Gasteiger partial charge in [-0.1, -0.05) is 0 Å². The Morgan fingerprint density at radius 1 is 1.41 bits per heavy atom. The Morgan fingerprint density at radius 2 is 2.29 bits per heavy atom. The molecular formula is C11H13N3O2S. The Labute approximate surface area is 99.1 Å². The molecule has 1 aliphatic rings. The molecule has 1 aliphatic heterocycles. The molecule has 1 saturated heterocycles. The van der Waals surface area contributed by atoms with Crippen LogP contribution in [0.15, 0.2) is 24.4 Å². The second-order valence-electron chi connectivity index (χ2n) is 4.42. The topological polar surface area (TPSA) is 74.8 Å². The molecule has 0 radical (unpaired) electrons. The molecular weight excluding hydrogens is 238 g/mol. The van der Waals surface area contributed by atoms with E-state index in [9.17, 15) is 8.42 Å². The summed E-state index contributed by atoms with van der Waals surface area (Å²) in [5.74, 6) is 0.519. The molecule has 5 nitrogen and oxygen atoms in total. The van der Waals surface area contributed by atoms with Crippen LogP contribution in [-0.4, -0.2) is 36.2 Å². The lowest BCUT2D eigenvalue weighted by atomic mass is 10.2. The highest BCUT2D eigenvalue weighted by atomic mass is 32.2. The molecule has 0 bridgehead atoms. The third-order valence-electron chi connectivity index (χ3n) is 3.05. The van der Waals surface area contributed by atoms with Gasteiger partial charge in [-0.2, -0.15) is 5.10 Å². The first kappa shape index (κ1) is 10.6. The number of nitrogens with one attached hydrogen (secondary N) is 2. The van der Waals surface area contributed by atoms with Gasteiger partial charge in [0.2, 0.25) is 0 Å². The molecule has 0 amide bonds. The summed E-state index contributed by atoms with van der Waals surface area (Å²) in [6, 6.07) is 5.89. The van der Waals surface area contributed by atoms with E-state index in [0.717, 1.165) is 16.6 Å². The minimum atomic E-state index is -2.83. The number of sulfone groups is 1. The number of hydrogen-bond acceptors (Lipinski definition) is 4. The fraction of sp³-hybridized carbons (Fsp3) is 0.364. The predicted molar refractivity (Wildman–Crippen MR) is 66.8 cm³/mol. The van der Waals surface area contributed by atoms with Crippen molar-refractivity contribution in [3.8, 4) is 0 Å². The Kier molecular flexibility index (Phi) is 2.32. The monoisotopic (exact) mass is 251 g/mol. The maximum Gasteiger partial charge on any atom is 0.152 e. The van der Waals surface area contributed by atoms with Gasteiger partial charge in [0, 0.05) is 17.1 Å². The fourth-order valence-corrected chi connectivity index (χ4v) is 3.84. The SMILES string of the molecule is O=S1(=O)CCC(Nc2ccc3cn[nH]c3c2)C1. The zero-order chi connectivity index (χ0) is 11.9. The lowest BCUT2D eigenvalue weighted by Crippen LogP contribution is -2.20. The zero-order valence-electron chi connectivity index (χ0n) is 9.18. The number of fused-ring (bicyclic) bond motifs is 1. The first-order valence-corrected chi connectivity index (χ1v) is 7.35. The van der Waals surface area contributed by atoms with Crippen molar-refractivity contribution in [3.63, 3.8) is 0 Å². The first-order valence-electron chi connectivity index (χ1n) is 5.52. The van der Waals surface area contributed by atoms with Crippen molar-refractivity contribution in [3.05, 3.63) is 24.4 Å². The van der Waals surface area contributed by atoms with Crippen molar-refractivity contribution in [2.75, 3.05) is 16.8 Å². The molecule has 6 heteroatoms. The number of hydrogen-bond donors (Lipinski definition) is 2. The van der Waals surface area contributed by atoms with Crippen molar-refractivity contribution < 1.29 is 8.42 Å². The van der Waals surface area contributed by atoms with Gasteiger partial charge < -0.3 is 5.32 Å². The molecule has 2 heterocycles. The van der Waals surface area contributed by atoms with Gasteiger partial charge in [-0.05, 0) is 24.6 Å². The molecule has 3 rings (SSSR count). The van der Waals surface area contributed by atoms with Crippen LogP contribution in [0.3, 0.4) is 0 Å². The molecule has 1 aromatic carbocycles. The number of benzene rings is 1. The average Bonchev–Trinajstić information content (AvgIpc) is 2.84. The standard InChI is InChI=1S/C11H13N3O2S/c15-17(16)4-3-10(7-17)13-9-2-1-8-6-12-14-11(8)5-9/h1-2,5-6,10,13H,3-4,7H2,(H,12,14). The Balaban J connectivity index is 1.81. The third-order valence-corrected chi connectivity index (χ3v) is 4.81. The molecule has 90 valence electrons. The van der Waals surface area contributed by atoms with Crippen LogP contribution in [0.5, 0.6) is 0 Å². The Bertz CT molecular complexity index is 648. The molecule has 2 N–H and O–H groups in total. The lowest BCUT2D eigenvalue weighted by Gasteiger charge is -2.12. The van der Waals surface area contributed by atoms with E-state index in [2.05, 4.69) is 15.5 Å². The van der Waals surface area contributed by atoms with Crippen LogP contribution in [0.25, 0.3) is 10.9 Å². The third kappa shape index (κ3) is 2.12. The number of aromatic amines is 1. The molecule has 2 aromatic rings. The van der Waals surface area contributed by atoms with Gasteiger partial charge in [0.05, 0.1) is 23.2 Å². The van der Waals surface area contributed by atoms with E-state index in [-0.39, 0.29) is 17.5 Å². The van der Waals surface area contributed by atoms with E-state index >= 15 is 0 Å². The van der Waals surface area contributed by atoms with Crippen molar-refractivity contribution >= 4 is 26.4 Å². The van der Waals surface area contributed by atoms with E-state index in [0.29, 0.717) is 6.42 Å². The highest BCUT2D eigenvalue weighted by molar-refractivity contribution is 7.91. The van der Waals surface area contributed by atoms with Crippen molar-refractivity contribution in [1.82, 2.24) is 10.2 Å². The highest BCUT2D eigenvalue weighted by Crippen LogP contribution is 2.20. The summed E-state index contributed by atoms with van der Waals surface area (Å²) >= 11 is 0. The molecule has 0 spiro atoms. The van der Waals surface area contributed by atoms with Gasteiger partial charge in [0.1, 0.15) is 0 Å². The Hall–Kier alpha value is -1.56. The normalized spacial score (nSPS) is 22.9.